The smallest absolute Gasteiger partial charge is 0.294 e. The van der Waals surface area contributed by atoms with E-state index in [2.05, 4.69) is 76.3 Å². The molecule has 0 aromatic heterocycles. The first-order chi connectivity index (χ1) is 13.8. The molecule has 2 N–H and O–H groups in total. The van der Waals surface area contributed by atoms with Crippen LogP contribution in [-0.4, -0.2) is 6.02 Å². The van der Waals surface area contributed by atoms with Crippen molar-refractivity contribution in [2.45, 2.75) is 31.9 Å². The first-order valence-electron chi connectivity index (χ1n) is 9.83. The molecule has 3 aromatic rings. The third-order valence-electron chi connectivity index (χ3n) is 5.19. The van der Waals surface area contributed by atoms with Gasteiger partial charge in [-0.05, 0) is 60.2 Å². The fourth-order valence-corrected chi connectivity index (χ4v) is 3.48. The lowest BCUT2D eigenvalue weighted by atomic mass is 10.1. The zero-order chi connectivity index (χ0) is 18.8. The van der Waals surface area contributed by atoms with Crippen LogP contribution in [0.2, 0.25) is 0 Å². The van der Waals surface area contributed by atoms with Crippen LogP contribution in [0.3, 0.4) is 0 Å². The van der Waals surface area contributed by atoms with Gasteiger partial charge in [0.05, 0.1) is 5.69 Å². The Balaban J connectivity index is 1.27. The van der Waals surface area contributed by atoms with Gasteiger partial charge in [-0.3, -0.25) is 0 Å². The summed E-state index contributed by atoms with van der Waals surface area (Å²) in [5, 5.41) is 6.78. The molecule has 1 aliphatic heterocycles. The van der Waals surface area contributed by atoms with E-state index in [0.717, 1.165) is 35.1 Å². The normalized spacial score (nSPS) is 15.2. The predicted molar refractivity (Wildman–Crippen MR) is 114 cm³/mol. The molecule has 2 aliphatic rings. The Hall–Kier alpha value is -3.27. The Bertz CT molecular complexity index is 1010. The molecule has 0 radical (unpaired) electrons. The highest BCUT2D eigenvalue weighted by Crippen LogP contribution is 2.40. The van der Waals surface area contributed by atoms with Crippen molar-refractivity contribution in [2.75, 3.05) is 10.6 Å². The van der Waals surface area contributed by atoms with Crippen LogP contribution in [0.5, 0.6) is 0 Å². The Kier molecular flexibility index (Phi) is 4.45. The minimum Gasteiger partial charge on any atom is -0.460 e. The Labute approximate surface area is 165 Å². The lowest BCUT2D eigenvalue weighted by Crippen LogP contribution is -2.19. The number of benzene rings is 3. The van der Waals surface area contributed by atoms with E-state index in [1.807, 2.05) is 12.1 Å². The van der Waals surface area contributed by atoms with Gasteiger partial charge in [-0.2, -0.15) is 4.99 Å². The maximum atomic E-state index is 5.85. The van der Waals surface area contributed by atoms with Crippen LogP contribution in [0, 0.1) is 0 Å². The second-order valence-corrected chi connectivity index (χ2v) is 7.41. The molecule has 1 heterocycles. The van der Waals surface area contributed by atoms with E-state index >= 15 is 0 Å². The monoisotopic (exact) mass is 369 g/mol. The first-order valence-corrected chi connectivity index (χ1v) is 9.83. The second kappa shape index (κ2) is 7.39. The van der Waals surface area contributed by atoms with Crippen LogP contribution in [0.4, 0.5) is 17.1 Å². The van der Waals surface area contributed by atoms with Gasteiger partial charge in [0.25, 0.3) is 6.02 Å². The first kappa shape index (κ1) is 16.9. The maximum Gasteiger partial charge on any atom is 0.294 e. The summed E-state index contributed by atoms with van der Waals surface area (Å²) in [5.41, 5.74) is 6.82. The summed E-state index contributed by atoms with van der Waals surface area (Å²) in [6, 6.07) is 25.7. The van der Waals surface area contributed by atoms with Crippen LogP contribution < -0.4 is 10.6 Å². The van der Waals surface area contributed by atoms with E-state index in [4.69, 9.17) is 4.74 Å². The van der Waals surface area contributed by atoms with Gasteiger partial charge in [0, 0.05) is 23.5 Å². The van der Waals surface area contributed by atoms with Gasteiger partial charge in [0.15, 0.2) is 0 Å². The molecule has 4 nitrogen and oxygen atoms in total. The van der Waals surface area contributed by atoms with Gasteiger partial charge in [0.2, 0.25) is 0 Å². The molecule has 0 bridgehead atoms. The molecule has 28 heavy (non-hydrogen) atoms. The van der Waals surface area contributed by atoms with E-state index in [9.17, 15) is 0 Å². The van der Waals surface area contributed by atoms with Gasteiger partial charge in [-0.25, -0.2) is 0 Å². The minimum atomic E-state index is 0.518. The number of ether oxygens (including phenoxy) is 1. The number of nitrogens with zero attached hydrogens (tertiary/aromatic N) is 1. The quantitative estimate of drug-likeness (QED) is 0.597. The van der Waals surface area contributed by atoms with Gasteiger partial charge in [0.1, 0.15) is 6.61 Å². The van der Waals surface area contributed by atoms with Crippen molar-refractivity contribution in [2.24, 2.45) is 4.99 Å². The number of hydrogen-bond donors (Lipinski definition) is 2. The minimum absolute atomic E-state index is 0.518. The van der Waals surface area contributed by atoms with Crippen LogP contribution in [-0.2, 0) is 17.9 Å². The summed E-state index contributed by atoms with van der Waals surface area (Å²) in [7, 11) is 0. The summed E-state index contributed by atoms with van der Waals surface area (Å²) in [5.74, 6) is 0.735. The Morgan fingerprint density at radius 2 is 1.79 bits per heavy atom. The number of aliphatic imine (C=N–C) groups is 1. The Morgan fingerprint density at radius 1 is 0.893 bits per heavy atom. The molecule has 0 saturated heterocycles. The molecule has 0 amide bonds. The molecule has 4 heteroatoms. The van der Waals surface area contributed by atoms with Gasteiger partial charge < -0.3 is 15.4 Å². The van der Waals surface area contributed by atoms with Crippen LogP contribution in [0.1, 0.15) is 35.4 Å². The van der Waals surface area contributed by atoms with E-state index in [1.165, 1.54) is 24.0 Å². The third-order valence-corrected chi connectivity index (χ3v) is 5.19. The van der Waals surface area contributed by atoms with E-state index in [0.29, 0.717) is 12.6 Å². The SMILES string of the molecule is c1ccc(CNc2ccc3c(c2)COC(Nc2cccc(C4CC4)c2)=N3)cc1. The van der Waals surface area contributed by atoms with Crippen molar-refractivity contribution >= 4 is 23.1 Å². The molecular weight excluding hydrogens is 346 g/mol. The van der Waals surface area contributed by atoms with E-state index in [1.54, 1.807) is 0 Å². The number of rotatable bonds is 5. The molecule has 0 atom stereocenters. The second-order valence-electron chi connectivity index (χ2n) is 7.41. The predicted octanol–water partition coefficient (Wildman–Crippen LogP) is 5.81. The van der Waals surface area contributed by atoms with Crippen LogP contribution >= 0.6 is 0 Å². The number of hydrogen-bond acceptors (Lipinski definition) is 4. The van der Waals surface area contributed by atoms with Crippen LogP contribution in [0.25, 0.3) is 0 Å². The molecule has 1 aliphatic carbocycles. The molecule has 0 spiro atoms. The fraction of sp³-hybridized carbons (Fsp3) is 0.208. The summed E-state index contributed by atoms with van der Waals surface area (Å²) in [4.78, 5) is 4.65. The van der Waals surface area contributed by atoms with Crippen molar-refractivity contribution in [3.05, 3.63) is 89.5 Å². The van der Waals surface area contributed by atoms with Crippen molar-refractivity contribution in [3.8, 4) is 0 Å². The highest BCUT2D eigenvalue weighted by atomic mass is 16.5. The van der Waals surface area contributed by atoms with Crippen LogP contribution in [0.15, 0.2) is 77.8 Å². The average molecular weight is 369 g/mol. The molecule has 1 saturated carbocycles. The van der Waals surface area contributed by atoms with Crippen molar-refractivity contribution in [1.82, 2.24) is 0 Å². The molecular formula is C24H23N3O. The summed E-state index contributed by atoms with van der Waals surface area (Å²) < 4.78 is 5.85. The highest BCUT2D eigenvalue weighted by Gasteiger charge is 2.23. The molecule has 1 fully saturated rings. The Morgan fingerprint density at radius 3 is 2.64 bits per heavy atom. The van der Waals surface area contributed by atoms with E-state index in [-0.39, 0.29) is 0 Å². The van der Waals surface area contributed by atoms with Gasteiger partial charge >= 0.3 is 0 Å². The summed E-state index contributed by atoms with van der Waals surface area (Å²) in [6.07, 6.45) is 2.60. The summed E-state index contributed by atoms with van der Waals surface area (Å²) >= 11 is 0. The fourth-order valence-electron chi connectivity index (χ4n) is 3.48. The zero-order valence-corrected chi connectivity index (χ0v) is 15.7. The third kappa shape index (κ3) is 3.86. The van der Waals surface area contributed by atoms with Crippen molar-refractivity contribution in [3.63, 3.8) is 0 Å². The topological polar surface area (TPSA) is 45.6 Å². The van der Waals surface area contributed by atoms with Gasteiger partial charge in [-0.15, -0.1) is 0 Å². The number of anilines is 2. The largest absolute Gasteiger partial charge is 0.460 e. The highest BCUT2D eigenvalue weighted by molar-refractivity contribution is 5.92. The molecule has 140 valence electrons. The maximum absolute atomic E-state index is 5.85. The summed E-state index contributed by atoms with van der Waals surface area (Å²) in [6.45, 7) is 1.32. The zero-order valence-electron chi connectivity index (χ0n) is 15.7. The molecule has 5 rings (SSSR count). The van der Waals surface area contributed by atoms with Crippen molar-refractivity contribution in [1.29, 1.82) is 0 Å². The van der Waals surface area contributed by atoms with E-state index < -0.39 is 0 Å². The number of amidine groups is 1. The molecule has 0 unspecified atom stereocenters. The standard InChI is InChI=1S/C24H23N3O/c1-2-5-17(6-3-1)15-25-21-11-12-23-20(14-21)16-28-24(27-23)26-22-8-4-7-19(13-22)18-9-10-18/h1-8,11-14,18,25H,9-10,15-16H2,(H,26,27). The number of fused-ring (bicyclic) bond motifs is 1. The molecule has 3 aromatic carbocycles. The lowest BCUT2D eigenvalue weighted by Gasteiger charge is -2.19. The van der Waals surface area contributed by atoms with Gasteiger partial charge in [-0.1, -0.05) is 42.5 Å². The lowest BCUT2D eigenvalue weighted by molar-refractivity contribution is 0.286. The van der Waals surface area contributed by atoms with Crippen molar-refractivity contribution < 1.29 is 4.74 Å². The average Bonchev–Trinajstić information content (AvgIpc) is 3.59. The number of nitrogens with one attached hydrogen (secondary N) is 2.